The van der Waals surface area contributed by atoms with Crippen molar-refractivity contribution < 1.29 is 14.3 Å². The maximum absolute atomic E-state index is 12.3. The van der Waals surface area contributed by atoms with E-state index in [0.717, 1.165) is 17.7 Å². The number of ether oxygens (including phenoxy) is 1. The number of nitrogens with zero attached hydrogens (tertiary/aromatic N) is 1. The summed E-state index contributed by atoms with van der Waals surface area (Å²) in [5, 5.41) is 3.39. The molecule has 1 N–H and O–H groups in total. The standard InChI is InChI=1S/C18H16Cl2N2O3/c19-13-5-6-14(20)16(9-13)25-11-17(23)21-10-18(24)22-8-7-12-3-1-2-4-15(12)22/h1-6,9H,7-8,10-11H2,(H,21,23). The molecular weight excluding hydrogens is 363 g/mol. The van der Waals surface area contributed by atoms with E-state index in [1.807, 2.05) is 24.3 Å². The van der Waals surface area contributed by atoms with Gasteiger partial charge in [-0.15, -0.1) is 0 Å². The molecule has 2 amide bonds. The van der Waals surface area contributed by atoms with E-state index in [1.54, 1.807) is 17.0 Å². The summed E-state index contributed by atoms with van der Waals surface area (Å²) < 4.78 is 5.34. The number of para-hydroxylation sites is 1. The molecule has 0 aliphatic carbocycles. The molecular formula is C18H16Cl2N2O3. The Labute approximate surface area is 155 Å². The van der Waals surface area contributed by atoms with Crippen molar-refractivity contribution in [3.05, 3.63) is 58.1 Å². The highest BCUT2D eigenvalue weighted by atomic mass is 35.5. The molecule has 130 valence electrons. The molecule has 0 unspecified atom stereocenters. The molecule has 2 aromatic rings. The summed E-state index contributed by atoms with van der Waals surface area (Å²) in [7, 11) is 0. The number of amides is 2. The van der Waals surface area contributed by atoms with Crippen LogP contribution in [0.15, 0.2) is 42.5 Å². The zero-order valence-corrected chi connectivity index (χ0v) is 14.8. The molecule has 0 spiro atoms. The lowest BCUT2D eigenvalue weighted by Gasteiger charge is -2.17. The lowest BCUT2D eigenvalue weighted by Crippen LogP contribution is -2.40. The van der Waals surface area contributed by atoms with Crippen LogP contribution in [-0.4, -0.2) is 31.5 Å². The van der Waals surface area contributed by atoms with Gasteiger partial charge >= 0.3 is 0 Å². The van der Waals surface area contributed by atoms with Crippen LogP contribution < -0.4 is 15.0 Å². The maximum Gasteiger partial charge on any atom is 0.258 e. The first-order valence-electron chi connectivity index (χ1n) is 7.77. The number of fused-ring (bicyclic) bond motifs is 1. The predicted molar refractivity (Wildman–Crippen MR) is 97.5 cm³/mol. The summed E-state index contributed by atoms with van der Waals surface area (Å²) >= 11 is 11.8. The third-order valence-electron chi connectivity index (χ3n) is 3.88. The van der Waals surface area contributed by atoms with Crippen LogP contribution in [0.2, 0.25) is 10.0 Å². The van der Waals surface area contributed by atoms with E-state index in [4.69, 9.17) is 27.9 Å². The molecule has 0 bridgehead atoms. The number of rotatable bonds is 5. The highest BCUT2D eigenvalue weighted by Gasteiger charge is 2.24. The molecule has 7 heteroatoms. The smallest absolute Gasteiger partial charge is 0.258 e. The summed E-state index contributed by atoms with van der Waals surface area (Å²) in [6.07, 6.45) is 0.826. The Morgan fingerprint density at radius 1 is 1.16 bits per heavy atom. The highest BCUT2D eigenvalue weighted by molar-refractivity contribution is 6.34. The van der Waals surface area contributed by atoms with Gasteiger partial charge in [0.1, 0.15) is 5.75 Å². The van der Waals surface area contributed by atoms with Crippen molar-refractivity contribution in [3.8, 4) is 5.75 Å². The monoisotopic (exact) mass is 378 g/mol. The van der Waals surface area contributed by atoms with Crippen LogP contribution in [0.3, 0.4) is 0 Å². The summed E-state index contributed by atoms with van der Waals surface area (Å²) in [5.74, 6) is -0.236. The van der Waals surface area contributed by atoms with E-state index in [0.29, 0.717) is 22.3 Å². The van der Waals surface area contributed by atoms with Crippen LogP contribution in [-0.2, 0) is 16.0 Å². The minimum absolute atomic E-state index is 0.0835. The third-order valence-corrected chi connectivity index (χ3v) is 4.42. The Hall–Kier alpha value is -2.24. The van der Waals surface area contributed by atoms with Crippen LogP contribution in [0.4, 0.5) is 5.69 Å². The Kier molecular flexibility index (Phi) is 5.46. The first-order valence-corrected chi connectivity index (χ1v) is 8.53. The summed E-state index contributed by atoms with van der Waals surface area (Å²) in [6, 6.07) is 12.5. The molecule has 1 heterocycles. The topological polar surface area (TPSA) is 58.6 Å². The molecule has 5 nitrogen and oxygen atoms in total. The summed E-state index contributed by atoms with van der Waals surface area (Å²) in [5.41, 5.74) is 2.05. The second-order valence-corrected chi connectivity index (χ2v) is 6.41. The van der Waals surface area contributed by atoms with Crippen molar-refractivity contribution in [1.29, 1.82) is 0 Å². The fraction of sp³-hybridized carbons (Fsp3) is 0.222. The molecule has 0 radical (unpaired) electrons. The van der Waals surface area contributed by atoms with E-state index in [2.05, 4.69) is 5.32 Å². The summed E-state index contributed by atoms with van der Waals surface area (Å²) in [6.45, 7) is 0.298. The molecule has 0 saturated carbocycles. The number of carbonyl (C=O) groups excluding carboxylic acids is 2. The van der Waals surface area contributed by atoms with Gasteiger partial charge in [-0.05, 0) is 30.2 Å². The van der Waals surface area contributed by atoms with Crippen molar-refractivity contribution in [3.63, 3.8) is 0 Å². The maximum atomic E-state index is 12.3. The van der Waals surface area contributed by atoms with E-state index < -0.39 is 5.91 Å². The number of hydrogen-bond acceptors (Lipinski definition) is 3. The van der Waals surface area contributed by atoms with Gasteiger partial charge in [-0.2, -0.15) is 0 Å². The first-order chi connectivity index (χ1) is 12.0. The van der Waals surface area contributed by atoms with Crippen LogP contribution >= 0.6 is 23.2 Å². The molecule has 3 rings (SSSR count). The molecule has 0 saturated heterocycles. The Bertz CT molecular complexity index is 811. The van der Waals surface area contributed by atoms with Gasteiger partial charge in [-0.25, -0.2) is 0 Å². The lowest BCUT2D eigenvalue weighted by molar-refractivity contribution is -0.126. The molecule has 0 atom stereocenters. The molecule has 25 heavy (non-hydrogen) atoms. The number of carbonyl (C=O) groups is 2. The number of hydrogen-bond donors (Lipinski definition) is 1. The average molecular weight is 379 g/mol. The highest BCUT2D eigenvalue weighted by Crippen LogP contribution is 2.28. The predicted octanol–water partition coefficient (Wildman–Crippen LogP) is 3.08. The number of anilines is 1. The largest absolute Gasteiger partial charge is 0.482 e. The SMILES string of the molecule is O=C(COc1cc(Cl)ccc1Cl)NCC(=O)N1CCc2ccccc21. The van der Waals surface area contributed by atoms with Gasteiger partial charge in [-0.1, -0.05) is 41.4 Å². The Morgan fingerprint density at radius 3 is 2.80 bits per heavy atom. The fourth-order valence-electron chi connectivity index (χ4n) is 2.65. The molecule has 1 aliphatic heterocycles. The van der Waals surface area contributed by atoms with E-state index >= 15 is 0 Å². The van der Waals surface area contributed by atoms with Crippen molar-refractivity contribution in [2.45, 2.75) is 6.42 Å². The van der Waals surface area contributed by atoms with Gasteiger partial charge < -0.3 is 15.0 Å². The second kappa shape index (κ2) is 7.76. The third kappa shape index (κ3) is 4.24. The van der Waals surface area contributed by atoms with E-state index in [-0.39, 0.29) is 19.1 Å². The van der Waals surface area contributed by atoms with Crippen LogP contribution in [0.1, 0.15) is 5.56 Å². The molecule has 1 aliphatic rings. The van der Waals surface area contributed by atoms with Crippen molar-refractivity contribution >= 4 is 40.7 Å². The van der Waals surface area contributed by atoms with Gasteiger partial charge in [-0.3, -0.25) is 9.59 Å². The van der Waals surface area contributed by atoms with Crippen molar-refractivity contribution in [2.75, 3.05) is 24.6 Å². The number of benzene rings is 2. The number of nitrogens with one attached hydrogen (secondary N) is 1. The zero-order valence-electron chi connectivity index (χ0n) is 13.3. The van der Waals surface area contributed by atoms with Gasteiger partial charge in [0.15, 0.2) is 6.61 Å². The first kappa shape index (κ1) is 17.6. The zero-order chi connectivity index (χ0) is 17.8. The van der Waals surface area contributed by atoms with Crippen molar-refractivity contribution in [2.24, 2.45) is 0 Å². The lowest BCUT2D eigenvalue weighted by atomic mass is 10.2. The molecule has 0 aromatic heterocycles. The average Bonchev–Trinajstić information content (AvgIpc) is 3.04. The van der Waals surface area contributed by atoms with E-state index in [1.165, 1.54) is 6.07 Å². The minimum atomic E-state index is -0.406. The minimum Gasteiger partial charge on any atom is -0.482 e. The van der Waals surface area contributed by atoms with Crippen LogP contribution in [0, 0.1) is 0 Å². The molecule has 2 aromatic carbocycles. The Morgan fingerprint density at radius 2 is 1.96 bits per heavy atom. The van der Waals surface area contributed by atoms with E-state index in [9.17, 15) is 9.59 Å². The molecule has 0 fully saturated rings. The second-order valence-electron chi connectivity index (χ2n) is 5.56. The van der Waals surface area contributed by atoms with Gasteiger partial charge in [0.05, 0.1) is 11.6 Å². The quantitative estimate of drug-likeness (QED) is 0.869. The van der Waals surface area contributed by atoms with Crippen LogP contribution in [0.25, 0.3) is 0 Å². The van der Waals surface area contributed by atoms with Crippen molar-refractivity contribution in [1.82, 2.24) is 5.32 Å². The number of halogens is 2. The normalized spacial score (nSPS) is 12.6. The van der Waals surface area contributed by atoms with Crippen LogP contribution in [0.5, 0.6) is 5.75 Å². The van der Waals surface area contributed by atoms with Gasteiger partial charge in [0, 0.05) is 23.3 Å². The van der Waals surface area contributed by atoms with Gasteiger partial charge in [0.2, 0.25) is 5.91 Å². The fourth-order valence-corrected chi connectivity index (χ4v) is 2.98. The Balaban J connectivity index is 1.49. The van der Waals surface area contributed by atoms with Gasteiger partial charge in [0.25, 0.3) is 5.91 Å². The summed E-state index contributed by atoms with van der Waals surface area (Å²) in [4.78, 5) is 25.9.